The Labute approximate surface area is 173 Å². The summed E-state index contributed by atoms with van der Waals surface area (Å²) < 4.78 is 5.42. The van der Waals surface area contributed by atoms with Crippen LogP contribution in [0.2, 0.25) is 5.02 Å². The van der Waals surface area contributed by atoms with E-state index < -0.39 is 0 Å². The van der Waals surface area contributed by atoms with Gasteiger partial charge in [-0.25, -0.2) is 0 Å². The van der Waals surface area contributed by atoms with Gasteiger partial charge in [0.05, 0.1) is 23.9 Å². The highest BCUT2D eigenvalue weighted by Gasteiger charge is 2.33. The van der Waals surface area contributed by atoms with Crippen molar-refractivity contribution < 1.29 is 19.1 Å². The molecule has 0 spiro atoms. The second-order valence-electron chi connectivity index (χ2n) is 7.15. The molecule has 2 heterocycles. The molecule has 1 saturated heterocycles. The molecule has 1 N–H and O–H groups in total. The van der Waals surface area contributed by atoms with Crippen molar-refractivity contribution in [2.75, 3.05) is 32.1 Å². The van der Waals surface area contributed by atoms with Crippen LogP contribution in [-0.2, 0) is 0 Å². The predicted octanol–water partition coefficient (Wildman–Crippen LogP) is 2.58. The fraction of sp³-hybridized carbons (Fsp3) is 0.286. The SMILES string of the molecule is COc1ccc(Cl)cc1N1CCC(NC(=O)c2ccc3c(c2)C(=O)N(C)C3=O)C1. The first-order valence-electron chi connectivity index (χ1n) is 9.25. The second-order valence-corrected chi connectivity index (χ2v) is 7.59. The zero-order valence-electron chi connectivity index (χ0n) is 16.1. The van der Waals surface area contributed by atoms with Gasteiger partial charge in [-0.2, -0.15) is 0 Å². The zero-order valence-corrected chi connectivity index (χ0v) is 16.8. The first-order chi connectivity index (χ1) is 13.9. The highest BCUT2D eigenvalue weighted by atomic mass is 35.5. The number of amides is 3. The molecule has 0 aromatic heterocycles. The monoisotopic (exact) mass is 413 g/mol. The standard InChI is InChI=1S/C21H20ClN3O4/c1-24-20(27)15-5-3-12(9-16(15)21(24)28)19(26)23-14-7-8-25(11-14)17-10-13(22)4-6-18(17)29-2/h3-6,9-10,14H,7-8,11H2,1-2H3,(H,23,26). The predicted molar refractivity (Wildman–Crippen MR) is 109 cm³/mol. The van der Waals surface area contributed by atoms with Crippen LogP contribution < -0.4 is 15.0 Å². The van der Waals surface area contributed by atoms with E-state index in [1.165, 1.54) is 19.2 Å². The molecule has 29 heavy (non-hydrogen) atoms. The van der Waals surface area contributed by atoms with Gasteiger partial charge >= 0.3 is 0 Å². The van der Waals surface area contributed by atoms with Crippen molar-refractivity contribution in [3.05, 3.63) is 58.1 Å². The van der Waals surface area contributed by atoms with Crippen LogP contribution in [0.4, 0.5) is 5.69 Å². The molecule has 2 aliphatic rings. The minimum Gasteiger partial charge on any atom is -0.495 e. The number of anilines is 1. The molecule has 2 aromatic carbocycles. The van der Waals surface area contributed by atoms with Crippen LogP contribution in [0.15, 0.2) is 36.4 Å². The van der Waals surface area contributed by atoms with E-state index in [4.69, 9.17) is 16.3 Å². The fourth-order valence-corrected chi connectivity index (χ4v) is 3.94. The minimum absolute atomic E-state index is 0.0561. The Hall–Kier alpha value is -3.06. The molecule has 150 valence electrons. The van der Waals surface area contributed by atoms with Gasteiger partial charge in [0, 0.05) is 36.8 Å². The molecule has 8 heteroatoms. The Kier molecular flexibility index (Phi) is 4.92. The maximum atomic E-state index is 12.7. The summed E-state index contributed by atoms with van der Waals surface area (Å²) in [5.41, 5.74) is 1.84. The Morgan fingerprint density at radius 2 is 1.90 bits per heavy atom. The van der Waals surface area contributed by atoms with Crippen LogP contribution in [0.3, 0.4) is 0 Å². The molecule has 2 aromatic rings. The Morgan fingerprint density at radius 1 is 1.14 bits per heavy atom. The van der Waals surface area contributed by atoms with Crippen molar-refractivity contribution in [1.82, 2.24) is 10.2 Å². The third-order valence-corrected chi connectivity index (χ3v) is 5.59. The largest absolute Gasteiger partial charge is 0.495 e. The van der Waals surface area contributed by atoms with Crippen LogP contribution >= 0.6 is 11.6 Å². The zero-order chi connectivity index (χ0) is 20.7. The third kappa shape index (κ3) is 3.42. The quantitative estimate of drug-likeness (QED) is 0.779. The van der Waals surface area contributed by atoms with Crippen molar-refractivity contribution >= 4 is 35.0 Å². The number of rotatable bonds is 4. The third-order valence-electron chi connectivity index (χ3n) is 5.36. The van der Waals surface area contributed by atoms with Gasteiger partial charge in [-0.05, 0) is 42.8 Å². The first-order valence-corrected chi connectivity index (χ1v) is 9.62. The summed E-state index contributed by atoms with van der Waals surface area (Å²) in [7, 11) is 3.04. The second kappa shape index (κ2) is 7.40. The smallest absolute Gasteiger partial charge is 0.261 e. The van der Waals surface area contributed by atoms with Gasteiger partial charge in [-0.15, -0.1) is 0 Å². The molecule has 7 nitrogen and oxygen atoms in total. The van der Waals surface area contributed by atoms with E-state index in [-0.39, 0.29) is 29.3 Å². The maximum Gasteiger partial charge on any atom is 0.261 e. The maximum absolute atomic E-state index is 12.7. The average molecular weight is 414 g/mol. The number of benzene rings is 2. The van der Waals surface area contributed by atoms with Crippen LogP contribution in [0.25, 0.3) is 0 Å². The molecule has 4 rings (SSSR count). The highest BCUT2D eigenvalue weighted by molar-refractivity contribution is 6.31. The van der Waals surface area contributed by atoms with E-state index in [2.05, 4.69) is 10.2 Å². The van der Waals surface area contributed by atoms with Crippen LogP contribution in [-0.4, -0.2) is 55.9 Å². The topological polar surface area (TPSA) is 79.0 Å². The lowest BCUT2D eigenvalue weighted by Gasteiger charge is -2.21. The summed E-state index contributed by atoms with van der Waals surface area (Å²) in [6, 6.07) is 9.99. The summed E-state index contributed by atoms with van der Waals surface area (Å²) in [6.07, 6.45) is 0.770. The number of carbonyl (C=O) groups is 3. The molecule has 0 aliphatic carbocycles. The lowest BCUT2D eigenvalue weighted by molar-refractivity contribution is 0.0693. The summed E-state index contributed by atoms with van der Waals surface area (Å²) in [4.78, 5) is 40.0. The van der Waals surface area contributed by atoms with Gasteiger partial charge < -0.3 is 15.0 Å². The van der Waals surface area contributed by atoms with E-state index in [1.807, 2.05) is 12.1 Å². The summed E-state index contributed by atoms with van der Waals surface area (Å²) in [5.74, 6) is -0.279. The normalized spacial score (nSPS) is 18.2. The molecule has 3 amide bonds. The van der Waals surface area contributed by atoms with Gasteiger partial charge in [0.15, 0.2) is 0 Å². The van der Waals surface area contributed by atoms with Crippen molar-refractivity contribution in [3.8, 4) is 5.75 Å². The van der Waals surface area contributed by atoms with Gasteiger partial charge in [0.2, 0.25) is 0 Å². The number of nitrogens with one attached hydrogen (secondary N) is 1. The molecule has 1 unspecified atom stereocenters. The van der Waals surface area contributed by atoms with E-state index in [9.17, 15) is 14.4 Å². The number of nitrogens with zero attached hydrogens (tertiary/aromatic N) is 2. The van der Waals surface area contributed by atoms with Crippen molar-refractivity contribution in [2.24, 2.45) is 0 Å². The van der Waals surface area contributed by atoms with Crippen LogP contribution in [0.1, 0.15) is 37.5 Å². The highest BCUT2D eigenvalue weighted by Crippen LogP contribution is 2.33. The van der Waals surface area contributed by atoms with E-state index in [0.717, 1.165) is 29.3 Å². The number of carbonyl (C=O) groups excluding carboxylic acids is 3. The molecule has 0 radical (unpaired) electrons. The van der Waals surface area contributed by atoms with E-state index in [0.29, 0.717) is 22.7 Å². The van der Waals surface area contributed by atoms with Gasteiger partial charge in [-0.3, -0.25) is 19.3 Å². The molecule has 0 saturated carbocycles. The van der Waals surface area contributed by atoms with E-state index in [1.54, 1.807) is 19.2 Å². The van der Waals surface area contributed by atoms with Crippen molar-refractivity contribution in [2.45, 2.75) is 12.5 Å². The lowest BCUT2D eigenvalue weighted by atomic mass is 10.0. The molecule has 2 aliphatic heterocycles. The first kappa shape index (κ1) is 19.3. The Balaban J connectivity index is 1.47. The molecule has 0 bridgehead atoms. The number of halogens is 1. The minimum atomic E-state index is -0.389. The number of hydrogen-bond acceptors (Lipinski definition) is 5. The summed E-state index contributed by atoms with van der Waals surface area (Å²) in [6.45, 7) is 1.37. The lowest BCUT2D eigenvalue weighted by Crippen LogP contribution is -2.37. The molecule has 1 fully saturated rings. The van der Waals surface area contributed by atoms with Gasteiger partial charge in [0.1, 0.15) is 5.75 Å². The molecular weight excluding hydrogens is 394 g/mol. The number of imide groups is 1. The Morgan fingerprint density at radius 3 is 2.66 bits per heavy atom. The number of methoxy groups -OCH3 is 1. The molecular formula is C21H20ClN3O4. The summed E-state index contributed by atoms with van der Waals surface area (Å²) in [5, 5.41) is 3.63. The number of ether oxygens (including phenoxy) is 1. The van der Waals surface area contributed by atoms with Crippen molar-refractivity contribution in [1.29, 1.82) is 0 Å². The molecule has 1 atom stereocenters. The van der Waals surface area contributed by atoms with Gasteiger partial charge in [-0.1, -0.05) is 11.6 Å². The van der Waals surface area contributed by atoms with Crippen molar-refractivity contribution in [3.63, 3.8) is 0 Å². The van der Waals surface area contributed by atoms with Crippen LogP contribution in [0.5, 0.6) is 5.75 Å². The van der Waals surface area contributed by atoms with Crippen LogP contribution in [0, 0.1) is 0 Å². The van der Waals surface area contributed by atoms with E-state index >= 15 is 0 Å². The fourth-order valence-electron chi connectivity index (χ4n) is 3.78. The average Bonchev–Trinajstić information content (AvgIpc) is 3.27. The number of fused-ring (bicyclic) bond motifs is 1. The Bertz CT molecular complexity index is 1020. The van der Waals surface area contributed by atoms with Gasteiger partial charge in [0.25, 0.3) is 17.7 Å². The summed E-state index contributed by atoms with van der Waals surface area (Å²) >= 11 is 6.12. The number of hydrogen-bond donors (Lipinski definition) is 1.